The smallest absolute Gasteiger partial charge is 0.0999 e. The summed E-state index contributed by atoms with van der Waals surface area (Å²) < 4.78 is 0. The van der Waals surface area contributed by atoms with Crippen LogP contribution in [0.3, 0.4) is 0 Å². The third kappa shape index (κ3) is 4.27. The number of rotatable bonds is 7. The standard InChI is InChI=1S/C25H22N2O/c1-20(25-16-23-14-8-9-15-24(23)17-26-25)27(18-21-10-4-2-5-11-21)28-19-22-12-6-3-7-13-22/h2-17H,1,18-19H2. The molecule has 3 heteroatoms. The second-order valence-electron chi connectivity index (χ2n) is 6.64. The molecule has 0 unspecified atom stereocenters. The van der Waals surface area contributed by atoms with Gasteiger partial charge in [-0.05, 0) is 22.6 Å². The molecule has 3 aromatic carbocycles. The minimum absolute atomic E-state index is 0.472. The Kier molecular flexibility index (Phi) is 5.46. The van der Waals surface area contributed by atoms with Crippen LogP contribution in [0.5, 0.6) is 0 Å². The highest BCUT2D eigenvalue weighted by Gasteiger charge is 2.14. The average Bonchev–Trinajstić information content (AvgIpc) is 2.77. The van der Waals surface area contributed by atoms with Gasteiger partial charge < -0.3 is 0 Å². The van der Waals surface area contributed by atoms with Crippen molar-refractivity contribution in [2.75, 3.05) is 0 Å². The van der Waals surface area contributed by atoms with Crippen LogP contribution in [0.25, 0.3) is 16.5 Å². The van der Waals surface area contributed by atoms with Gasteiger partial charge >= 0.3 is 0 Å². The van der Waals surface area contributed by atoms with E-state index in [2.05, 4.69) is 54.0 Å². The molecule has 0 aliphatic heterocycles. The van der Waals surface area contributed by atoms with E-state index in [0.717, 1.165) is 33.3 Å². The SMILES string of the molecule is C=C(c1cc2ccccc2cn1)N(Cc1ccccc1)OCc1ccccc1. The Balaban J connectivity index is 1.59. The predicted octanol–water partition coefficient (Wildman–Crippen LogP) is 5.84. The fourth-order valence-corrected chi connectivity index (χ4v) is 3.06. The summed E-state index contributed by atoms with van der Waals surface area (Å²) >= 11 is 0. The molecule has 0 saturated carbocycles. The summed E-state index contributed by atoms with van der Waals surface area (Å²) in [6, 6.07) is 30.6. The van der Waals surface area contributed by atoms with Crippen LogP contribution < -0.4 is 0 Å². The number of fused-ring (bicyclic) bond motifs is 1. The predicted molar refractivity (Wildman–Crippen MR) is 114 cm³/mol. The molecule has 138 valence electrons. The van der Waals surface area contributed by atoms with Crippen molar-refractivity contribution in [1.29, 1.82) is 0 Å². The number of benzene rings is 3. The Morgan fingerprint density at radius 3 is 2.11 bits per heavy atom. The first-order valence-electron chi connectivity index (χ1n) is 9.32. The van der Waals surface area contributed by atoms with E-state index in [1.807, 2.05) is 59.8 Å². The van der Waals surface area contributed by atoms with Crippen LogP contribution in [0.15, 0.2) is 104 Å². The second-order valence-corrected chi connectivity index (χ2v) is 6.64. The van der Waals surface area contributed by atoms with Crippen LogP contribution >= 0.6 is 0 Å². The Hall–Kier alpha value is -3.43. The molecule has 0 spiro atoms. The zero-order valence-electron chi connectivity index (χ0n) is 15.7. The lowest BCUT2D eigenvalue weighted by molar-refractivity contribution is -0.128. The third-order valence-corrected chi connectivity index (χ3v) is 4.63. The minimum atomic E-state index is 0.472. The third-order valence-electron chi connectivity index (χ3n) is 4.63. The molecule has 1 heterocycles. The fraction of sp³-hybridized carbons (Fsp3) is 0.0800. The maximum atomic E-state index is 6.15. The molecule has 0 radical (unpaired) electrons. The Bertz CT molecular complexity index is 1060. The molecule has 0 fully saturated rings. The van der Waals surface area contributed by atoms with Crippen LogP contribution in [0.2, 0.25) is 0 Å². The molecule has 4 aromatic rings. The first-order chi connectivity index (χ1) is 13.8. The minimum Gasteiger partial charge on any atom is -0.268 e. The van der Waals surface area contributed by atoms with E-state index in [1.165, 1.54) is 0 Å². The lowest BCUT2D eigenvalue weighted by Gasteiger charge is -2.26. The fourth-order valence-electron chi connectivity index (χ4n) is 3.06. The first kappa shape index (κ1) is 18.0. The lowest BCUT2D eigenvalue weighted by Crippen LogP contribution is -2.22. The van der Waals surface area contributed by atoms with E-state index in [-0.39, 0.29) is 0 Å². The molecule has 1 aromatic heterocycles. The molecule has 0 amide bonds. The van der Waals surface area contributed by atoms with Crippen molar-refractivity contribution >= 4 is 16.5 Å². The van der Waals surface area contributed by atoms with Gasteiger partial charge in [0.2, 0.25) is 0 Å². The largest absolute Gasteiger partial charge is 0.268 e. The molecular weight excluding hydrogens is 344 g/mol. The zero-order valence-corrected chi connectivity index (χ0v) is 15.7. The highest BCUT2D eigenvalue weighted by molar-refractivity contribution is 5.83. The van der Waals surface area contributed by atoms with E-state index < -0.39 is 0 Å². The van der Waals surface area contributed by atoms with Crippen molar-refractivity contribution in [2.24, 2.45) is 0 Å². The van der Waals surface area contributed by atoms with Crippen LogP contribution in [0.1, 0.15) is 16.8 Å². The monoisotopic (exact) mass is 366 g/mol. The summed E-state index contributed by atoms with van der Waals surface area (Å²) in [6.07, 6.45) is 1.88. The van der Waals surface area contributed by atoms with Crippen molar-refractivity contribution < 1.29 is 4.84 Å². The summed E-state index contributed by atoms with van der Waals surface area (Å²) in [4.78, 5) is 10.8. The van der Waals surface area contributed by atoms with Crippen LogP contribution in [-0.4, -0.2) is 10.0 Å². The number of nitrogens with zero attached hydrogens (tertiary/aromatic N) is 2. The van der Waals surface area contributed by atoms with Crippen LogP contribution in [-0.2, 0) is 18.0 Å². The number of aromatic nitrogens is 1. The Morgan fingerprint density at radius 1 is 0.786 bits per heavy atom. The van der Waals surface area contributed by atoms with Crippen molar-refractivity contribution in [3.05, 3.63) is 121 Å². The quantitative estimate of drug-likeness (QED) is 0.384. The van der Waals surface area contributed by atoms with Crippen molar-refractivity contribution in [3.8, 4) is 0 Å². The molecule has 3 nitrogen and oxygen atoms in total. The summed E-state index contributed by atoms with van der Waals surface area (Å²) in [5.41, 5.74) is 3.81. The van der Waals surface area contributed by atoms with Crippen molar-refractivity contribution in [2.45, 2.75) is 13.2 Å². The van der Waals surface area contributed by atoms with E-state index in [9.17, 15) is 0 Å². The number of hydroxylamine groups is 2. The highest BCUT2D eigenvalue weighted by atomic mass is 16.7. The van der Waals surface area contributed by atoms with Crippen LogP contribution in [0.4, 0.5) is 0 Å². The van der Waals surface area contributed by atoms with E-state index >= 15 is 0 Å². The summed E-state index contributed by atoms with van der Waals surface area (Å²) in [7, 11) is 0. The van der Waals surface area contributed by atoms with Gasteiger partial charge in [0.25, 0.3) is 0 Å². The Morgan fingerprint density at radius 2 is 1.39 bits per heavy atom. The van der Waals surface area contributed by atoms with Gasteiger partial charge in [-0.25, -0.2) is 5.06 Å². The van der Waals surface area contributed by atoms with Crippen molar-refractivity contribution in [1.82, 2.24) is 10.0 Å². The number of pyridine rings is 1. The van der Waals surface area contributed by atoms with Gasteiger partial charge in [-0.3, -0.25) is 9.82 Å². The van der Waals surface area contributed by atoms with Gasteiger partial charge in [0.1, 0.15) is 0 Å². The molecule has 28 heavy (non-hydrogen) atoms. The first-order valence-corrected chi connectivity index (χ1v) is 9.32. The molecule has 0 aliphatic carbocycles. The average molecular weight is 366 g/mol. The van der Waals surface area contributed by atoms with Gasteiger partial charge in [-0.2, -0.15) is 0 Å². The maximum absolute atomic E-state index is 6.15. The van der Waals surface area contributed by atoms with E-state index in [0.29, 0.717) is 13.2 Å². The molecule has 0 atom stereocenters. The Labute approximate surface area is 165 Å². The van der Waals surface area contributed by atoms with Gasteiger partial charge in [-0.1, -0.05) is 91.5 Å². The molecule has 0 aliphatic rings. The normalized spacial score (nSPS) is 10.7. The highest BCUT2D eigenvalue weighted by Crippen LogP contribution is 2.23. The van der Waals surface area contributed by atoms with E-state index in [1.54, 1.807) is 0 Å². The summed E-state index contributed by atoms with van der Waals surface area (Å²) in [5, 5.41) is 4.08. The number of hydrogen-bond donors (Lipinski definition) is 0. The van der Waals surface area contributed by atoms with Gasteiger partial charge in [-0.15, -0.1) is 0 Å². The molecular formula is C25H22N2O. The topological polar surface area (TPSA) is 25.4 Å². The number of hydrogen-bond acceptors (Lipinski definition) is 3. The van der Waals surface area contributed by atoms with Crippen molar-refractivity contribution in [3.63, 3.8) is 0 Å². The van der Waals surface area contributed by atoms with Gasteiger partial charge in [0.15, 0.2) is 0 Å². The van der Waals surface area contributed by atoms with E-state index in [4.69, 9.17) is 4.84 Å². The van der Waals surface area contributed by atoms with Gasteiger partial charge in [0, 0.05) is 11.6 Å². The maximum Gasteiger partial charge on any atom is 0.0999 e. The van der Waals surface area contributed by atoms with Crippen LogP contribution in [0, 0.1) is 0 Å². The summed E-state index contributed by atoms with van der Waals surface area (Å²) in [5.74, 6) is 0. The zero-order chi connectivity index (χ0) is 19.2. The van der Waals surface area contributed by atoms with Gasteiger partial charge in [0.05, 0.1) is 24.5 Å². The lowest BCUT2D eigenvalue weighted by atomic mass is 10.1. The molecule has 4 rings (SSSR count). The molecule has 0 bridgehead atoms. The molecule has 0 saturated heterocycles. The summed E-state index contributed by atoms with van der Waals surface area (Å²) in [6.45, 7) is 5.35. The molecule has 0 N–H and O–H groups in total. The second kappa shape index (κ2) is 8.51.